The first kappa shape index (κ1) is 18.2. The fraction of sp³-hybridized carbons (Fsp3) is 0.333. The Bertz CT molecular complexity index is 882. The average molecular weight is 381 g/mol. The van der Waals surface area contributed by atoms with Crippen molar-refractivity contribution >= 4 is 23.2 Å². The van der Waals surface area contributed by atoms with Crippen LogP contribution in [0.5, 0.6) is 11.5 Å². The van der Waals surface area contributed by atoms with Crippen LogP contribution in [0, 0.1) is 0 Å². The van der Waals surface area contributed by atoms with Crippen LogP contribution in [0.1, 0.15) is 25.3 Å². The molecule has 2 N–H and O–H groups in total. The molecule has 0 unspecified atom stereocenters. The number of carbonyl (C=O) groups excluding carboxylic acids is 2. The molecule has 1 fully saturated rings. The summed E-state index contributed by atoms with van der Waals surface area (Å²) in [5, 5.41) is 6.11. The summed E-state index contributed by atoms with van der Waals surface area (Å²) >= 11 is 0. The summed E-state index contributed by atoms with van der Waals surface area (Å²) in [5.41, 5.74) is 2.68. The molecular weight excluding hydrogens is 358 g/mol. The number of amides is 2. The molecule has 1 atom stereocenters. The lowest BCUT2D eigenvalue weighted by Crippen LogP contribution is -2.37. The van der Waals surface area contributed by atoms with Crippen molar-refractivity contribution in [2.45, 2.75) is 32.4 Å². The highest BCUT2D eigenvalue weighted by molar-refractivity contribution is 5.95. The summed E-state index contributed by atoms with van der Waals surface area (Å²) in [5.74, 6) is 1.49. The van der Waals surface area contributed by atoms with Gasteiger partial charge in [0.1, 0.15) is 6.04 Å². The molecule has 7 heteroatoms. The van der Waals surface area contributed by atoms with Gasteiger partial charge in [0.15, 0.2) is 11.5 Å². The van der Waals surface area contributed by atoms with Crippen molar-refractivity contribution in [2.75, 3.05) is 23.6 Å². The molecule has 0 aromatic heterocycles. The molecule has 0 aliphatic carbocycles. The van der Waals surface area contributed by atoms with Gasteiger partial charge in [-0.3, -0.25) is 9.59 Å². The topological polar surface area (TPSA) is 79.9 Å². The van der Waals surface area contributed by atoms with E-state index in [9.17, 15) is 9.59 Å². The fourth-order valence-corrected chi connectivity index (χ4v) is 3.37. The van der Waals surface area contributed by atoms with Gasteiger partial charge in [-0.2, -0.15) is 0 Å². The van der Waals surface area contributed by atoms with E-state index in [1.54, 1.807) is 4.90 Å². The zero-order valence-electron chi connectivity index (χ0n) is 15.7. The van der Waals surface area contributed by atoms with Crippen molar-refractivity contribution in [3.63, 3.8) is 0 Å². The second kappa shape index (κ2) is 7.80. The van der Waals surface area contributed by atoms with E-state index >= 15 is 0 Å². The Hall–Kier alpha value is -3.22. The molecule has 28 heavy (non-hydrogen) atoms. The van der Waals surface area contributed by atoms with E-state index in [0.717, 1.165) is 35.7 Å². The van der Waals surface area contributed by atoms with Gasteiger partial charge in [0.05, 0.1) is 0 Å². The molecule has 2 amide bonds. The Morgan fingerprint density at radius 3 is 2.68 bits per heavy atom. The Morgan fingerprint density at radius 2 is 1.93 bits per heavy atom. The highest BCUT2D eigenvalue weighted by Crippen LogP contribution is 2.32. The number of nitrogens with one attached hydrogen (secondary N) is 2. The van der Waals surface area contributed by atoms with Crippen molar-refractivity contribution in [3.05, 3.63) is 48.0 Å². The third-order valence-electron chi connectivity index (χ3n) is 4.93. The maximum Gasteiger partial charge on any atom is 0.242 e. The van der Waals surface area contributed by atoms with Crippen molar-refractivity contribution in [2.24, 2.45) is 0 Å². The quantitative estimate of drug-likeness (QED) is 0.804. The molecule has 2 aliphatic heterocycles. The third kappa shape index (κ3) is 3.88. The molecule has 2 aromatic rings. The number of fused-ring (bicyclic) bond motifs is 1. The van der Waals surface area contributed by atoms with Gasteiger partial charge in [0.25, 0.3) is 0 Å². The number of ether oxygens (including phenoxy) is 2. The van der Waals surface area contributed by atoms with Crippen LogP contribution < -0.4 is 25.0 Å². The zero-order chi connectivity index (χ0) is 19.5. The minimum atomic E-state index is -0.395. The number of hydrogen-bond donors (Lipinski definition) is 2. The van der Waals surface area contributed by atoms with Gasteiger partial charge in [-0.05, 0) is 55.3 Å². The van der Waals surface area contributed by atoms with Crippen LogP contribution in [-0.4, -0.2) is 31.2 Å². The van der Waals surface area contributed by atoms with E-state index in [1.165, 1.54) is 0 Å². The van der Waals surface area contributed by atoms with Crippen LogP contribution >= 0.6 is 0 Å². The molecule has 4 rings (SSSR count). The van der Waals surface area contributed by atoms with Gasteiger partial charge in [-0.1, -0.05) is 6.07 Å². The largest absolute Gasteiger partial charge is 0.454 e. The first-order valence-electron chi connectivity index (χ1n) is 9.43. The lowest BCUT2D eigenvalue weighted by atomic mass is 10.2. The van der Waals surface area contributed by atoms with Crippen LogP contribution in [0.25, 0.3) is 0 Å². The summed E-state index contributed by atoms with van der Waals surface area (Å²) in [6, 6.07) is 12.8. The average Bonchev–Trinajstić information content (AvgIpc) is 3.35. The van der Waals surface area contributed by atoms with Crippen LogP contribution in [0.4, 0.5) is 11.4 Å². The summed E-state index contributed by atoms with van der Waals surface area (Å²) in [6.07, 6.45) is 1.51. The predicted octanol–water partition coefficient (Wildman–Crippen LogP) is 2.66. The minimum Gasteiger partial charge on any atom is -0.454 e. The number of anilines is 2. The van der Waals surface area contributed by atoms with Crippen molar-refractivity contribution in [1.82, 2.24) is 5.32 Å². The highest BCUT2D eigenvalue weighted by Gasteiger charge is 2.21. The maximum absolute atomic E-state index is 12.4. The second-order valence-electron chi connectivity index (χ2n) is 6.97. The molecule has 0 radical (unpaired) electrons. The van der Waals surface area contributed by atoms with Crippen LogP contribution in [0.3, 0.4) is 0 Å². The van der Waals surface area contributed by atoms with E-state index in [2.05, 4.69) is 10.6 Å². The molecule has 0 spiro atoms. The molecule has 2 heterocycles. The molecule has 2 aromatic carbocycles. The number of rotatable bonds is 6. The summed E-state index contributed by atoms with van der Waals surface area (Å²) in [4.78, 5) is 26.0. The normalized spacial score (nSPS) is 16.2. The third-order valence-corrected chi connectivity index (χ3v) is 4.93. The van der Waals surface area contributed by atoms with Gasteiger partial charge in [-0.15, -0.1) is 0 Å². The fourth-order valence-electron chi connectivity index (χ4n) is 3.37. The minimum absolute atomic E-state index is 0.100. The molecule has 1 saturated heterocycles. The van der Waals surface area contributed by atoms with E-state index in [-0.39, 0.29) is 18.6 Å². The molecule has 146 valence electrons. The molecule has 0 bridgehead atoms. The van der Waals surface area contributed by atoms with Crippen LogP contribution in [-0.2, 0) is 16.1 Å². The van der Waals surface area contributed by atoms with E-state index < -0.39 is 6.04 Å². The lowest BCUT2D eigenvalue weighted by Gasteiger charge is -2.18. The van der Waals surface area contributed by atoms with Gasteiger partial charge < -0.3 is 25.0 Å². The highest BCUT2D eigenvalue weighted by atomic mass is 16.7. The van der Waals surface area contributed by atoms with Crippen molar-refractivity contribution < 1.29 is 19.1 Å². The van der Waals surface area contributed by atoms with E-state index in [0.29, 0.717) is 18.7 Å². The SMILES string of the molecule is C[C@@H](Nc1ccc(N2CCCC2=O)cc1)C(=O)NCc1ccc2c(c1)OCO2. The summed E-state index contributed by atoms with van der Waals surface area (Å²) < 4.78 is 10.6. The van der Waals surface area contributed by atoms with Crippen molar-refractivity contribution in [1.29, 1.82) is 0 Å². The standard InChI is InChI=1S/C21H23N3O4/c1-14(21(26)22-12-15-4-9-18-19(11-15)28-13-27-18)23-16-5-7-17(8-6-16)24-10-2-3-20(24)25/h4-9,11,14,23H,2-3,10,12-13H2,1H3,(H,22,26)/t14-/m1/s1. The zero-order valence-corrected chi connectivity index (χ0v) is 15.7. The van der Waals surface area contributed by atoms with Gasteiger partial charge >= 0.3 is 0 Å². The van der Waals surface area contributed by atoms with Gasteiger partial charge in [0, 0.05) is 30.9 Å². The molecule has 2 aliphatic rings. The summed E-state index contributed by atoms with van der Waals surface area (Å²) in [6.45, 7) is 3.23. The number of benzene rings is 2. The Kier molecular flexibility index (Phi) is 5.06. The van der Waals surface area contributed by atoms with Crippen LogP contribution in [0.15, 0.2) is 42.5 Å². The van der Waals surface area contributed by atoms with E-state index in [4.69, 9.17) is 9.47 Å². The smallest absolute Gasteiger partial charge is 0.242 e. The second-order valence-corrected chi connectivity index (χ2v) is 6.97. The van der Waals surface area contributed by atoms with Gasteiger partial charge in [-0.25, -0.2) is 0 Å². The number of carbonyl (C=O) groups is 2. The molecule has 0 saturated carbocycles. The number of hydrogen-bond acceptors (Lipinski definition) is 5. The lowest BCUT2D eigenvalue weighted by molar-refractivity contribution is -0.121. The number of nitrogens with zero attached hydrogens (tertiary/aromatic N) is 1. The van der Waals surface area contributed by atoms with Crippen LogP contribution in [0.2, 0.25) is 0 Å². The monoisotopic (exact) mass is 381 g/mol. The summed E-state index contributed by atoms with van der Waals surface area (Å²) in [7, 11) is 0. The Labute approximate surface area is 163 Å². The van der Waals surface area contributed by atoms with E-state index in [1.807, 2.05) is 49.4 Å². The van der Waals surface area contributed by atoms with Crippen molar-refractivity contribution in [3.8, 4) is 11.5 Å². The molecule has 7 nitrogen and oxygen atoms in total. The Balaban J connectivity index is 1.30. The molecular formula is C21H23N3O4. The first-order chi connectivity index (χ1) is 13.6. The first-order valence-corrected chi connectivity index (χ1v) is 9.43. The maximum atomic E-state index is 12.4. The Morgan fingerprint density at radius 1 is 1.14 bits per heavy atom. The van der Waals surface area contributed by atoms with Gasteiger partial charge in [0.2, 0.25) is 18.6 Å². The predicted molar refractivity (Wildman–Crippen MR) is 106 cm³/mol.